The molecule has 7 heteroatoms. The summed E-state index contributed by atoms with van der Waals surface area (Å²) in [6.07, 6.45) is 3.56. The first-order chi connectivity index (χ1) is 15.2. The van der Waals surface area contributed by atoms with Crippen LogP contribution < -0.4 is 9.47 Å². The Labute approximate surface area is 186 Å². The minimum atomic E-state index is 0.0336. The van der Waals surface area contributed by atoms with Crippen molar-refractivity contribution in [3.8, 4) is 16.7 Å². The third kappa shape index (κ3) is 4.43. The van der Waals surface area contributed by atoms with E-state index in [4.69, 9.17) is 9.47 Å². The largest absolute Gasteiger partial charge is 0.485 e. The molecule has 1 aromatic heterocycles. The third-order valence-corrected chi connectivity index (χ3v) is 6.70. The molecule has 2 aliphatic rings. The molecule has 0 N–H and O–H groups in total. The van der Waals surface area contributed by atoms with Crippen LogP contribution in [0.25, 0.3) is 0 Å². The molecule has 1 fully saturated rings. The summed E-state index contributed by atoms with van der Waals surface area (Å²) < 4.78 is 12.2. The van der Waals surface area contributed by atoms with Crippen molar-refractivity contribution in [1.82, 2.24) is 14.8 Å². The van der Waals surface area contributed by atoms with Crippen molar-refractivity contribution < 1.29 is 14.3 Å². The summed E-state index contributed by atoms with van der Waals surface area (Å²) in [5.74, 6) is 1.65. The number of amides is 1. The van der Waals surface area contributed by atoms with Gasteiger partial charge in [-0.2, -0.15) is 0 Å². The van der Waals surface area contributed by atoms with Crippen LogP contribution in [0.3, 0.4) is 0 Å². The number of aromatic nitrogens is 1. The van der Waals surface area contributed by atoms with Gasteiger partial charge in [-0.15, -0.1) is 0 Å². The molecular weight excluding hydrogens is 410 g/mol. The highest BCUT2D eigenvalue weighted by Gasteiger charge is 2.24. The lowest BCUT2D eigenvalue weighted by atomic mass is 9.97. The fraction of sp³-hybridized carbons (Fsp3) is 0.333. The van der Waals surface area contributed by atoms with Crippen LogP contribution in [0.1, 0.15) is 33.3 Å². The molecule has 1 atom stereocenters. The second-order valence-electron chi connectivity index (χ2n) is 8.01. The van der Waals surface area contributed by atoms with Gasteiger partial charge in [-0.3, -0.25) is 4.79 Å². The zero-order valence-corrected chi connectivity index (χ0v) is 18.3. The number of hydrogen-bond acceptors (Lipinski definition) is 6. The highest BCUT2D eigenvalue weighted by atomic mass is 32.1. The monoisotopic (exact) mass is 435 g/mol. The van der Waals surface area contributed by atoms with Crippen LogP contribution >= 0.6 is 11.3 Å². The number of hydrogen-bond donors (Lipinski definition) is 0. The van der Waals surface area contributed by atoms with Crippen molar-refractivity contribution in [2.45, 2.75) is 18.9 Å². The number of ether oxygens (including phenoxy) is 2. The first-order valence-electron chi connectivity index (χ1n) is 10.6. The first-order valence-corrected chi connectivity index (χ1v) is 11.4. The first kappa shape index (κ1) is 20.0. The lowest BCUT2D eigenvalue weighted by Gasteiger charge is -2.31. The molecule has 31 heavy (non-hydrogen) atoms. The zero-order valence-electron chi connectivity index (χ0n) is 17.5. The number of likely N-dealkylation sites (N-methyl/N-ethyl adjacent to an activating group) is 1. The van der Waals surface area contributed by atoms with E-state index in [0.29, 0.717) is 15.8 Å². The van der Waals surface area contributed by atoms with E-state index in [9.17, 15) is 4.79 Å². The Kier molecular flexibility index (Phi) is 5.61. The van der Waals surface area contributed by atoms with Crippen LogP contribution in [0.4, 0.5) is 0 Å². The Morgan fingerprint density at radius 1 is 1.13 bits per heavy atom. The highest BCUT2D eigenvalue weighted by Crippen LogP contribution is 2.38. The van der Waals surface area contributed by atoms with Crippen LogP contribution in [-0.4, -0.2) is 53.9 Å². The third-order valence-electron chi connectivity index (χ3n) is 5.84. The van der Waals surface area contributed by atoms with E-state index < -0.39 is 0 Å². The van der Waals surface area contributed by atoms with E-state index in [1.54, 1.807) is 6.20 Å². The topological polar surface area (TPSA) is 54.9 Å². The van der Waals surface area contributed by atoms with E-state index in [1.807, 2.05) is 41.3 Å². The summed E-state index contributed by atoms with van der Waals surface area (Å²) in [7, 11) is 2.08. The van der Waals surface area contributed by atoms with Gasteiger partial charge in [0.2, 0.25) is 0 Å². The van der Waals surface area contributed by atoms with Gasteiger partial charge in [-0.25, -0.2) is 4.98 Å². The Morgan fingerprint density at radius 2 is 1.94 bits per heavy atom. The number of carbonyl (C=O) groups is 1. The van der Waals surface area contributed by atoms with E-state index in [0.717, 1.165) is 50.3 Å². The summed E-state index contributed by atoms with van der Waals surface area (Å²) in [5.41, 5.74) is 2.34. The SMILES string of the molecule is CN1CCN(C(=O)c2cnc(Oc3ccc4c(c3)CCC(c3ccccc3)O4)s2)CC1. The summed E-state index contributed by atoms with van der Waals surface area (Å²) in [6, 6.07) is 16.2. The van der Waals surface area contributed by atoms with Crippen molar-refractivity contribution in [3.63, 3.8) is 0 Å². The van der Waals surface area contributed by atoms with Crippen LogP contribution in [0.2, 0.25) is 0 Å². The van der Waals surface area contributed by atoms with Gasteiger partial charge >= 0.3 is 0 Å². The van der Waals surface area contributed by atoms with Crippen molar-refractivity contribution in [2.24, 2.45) is 0 Å². The van der Waals surface area contributed by atoms with E-state index in [-0.39, 0.29) is 12.0 Å². The van der Waals surface area contributed by atoms with Gasteiger partial charge in [0.1, 0.15) is 22.5 Å². The molecule has 1 amide bonds. The lowest BCUT2D eigenvalue weighted by molar-refractivity contribution is 0.0668. The van der Waals surface area contributed by atoms with Crippen LogP contribution in [0, 0.1) is 0 Å². The van der Waals surface area contributed by atoms with Gasteiger partial charge in [-0.1, -0.05) is 41.7 Å². The highest BCUT2D eigenvalue weighted by molar-refractivity contribution is 7.15. The maximum atomic E-state index is 12.7. The molecule has 3 heterocycles. The average Bonchev–Trinajstić information content (AvgIpc) is 3.28. The Morgan fingerprint density at radius 3 is 2.74 bits per heavy atom. The normalized spacial score (nSPS) is 18.9. The summed E-state index contributed by atoms with van der Waals surface area (Å²) in [4.78, 5) is 21.8. The summed E-state index contributed by atoms with van der Waals surface area (Å²) in [6.45, 7) is 3.29. The number of benzene rings is 2. The second-order valence-corrected chi connectivity index (χ2v) is 9.01. The molecule has 3 aromatic rings. The molecule has 2 aromatic carbocycles. The molecule has 1 saturated heterocycles. The number of piperazine rings is 1. The average molecular weight is 436 g/mol. The minimum Gasteiger partial charge on any atom is -0.485 e. The molecule has 1 unspecified atom stereocenters. The number of carbonyl (C=O) groups excluding carboxylic acids is 1. The van der Waals surface area contributed by atoms with Gasteiger partial charge < -0.3 is 19.3 Å². The van der Waals surface area contributed by atoms with Crippen molar-refractivity contribution in [3.05, 3.63) is 70.7 Å². The molecular formula is C24H25N3O3S. The second kappa shape index (κ2) is 8.69. The molecule has 0 saturated carbocycles. The van der Waals surface area contributed by atoms with E-state index in [1.165, 1.54) is 16.9 Å². The fourth-order valence-corrected chi connectivity index (χ4v) is 4.75. The zero-order chi connectivity index (χ0) is 21.2. The molecule has 0 aliphatic carbocycles. The number of nitrogens with zero attached hydrogens (tertiary/aromatic N) is 3. The maximum Gasteiger partial charge on any atom is 0.279 e. The van der Waals surface area contributed by atoms with Crippen LogP contribution in [0.15, 0.2) is 54.7 Å². The number of fused-ring (bicyclic) bond motifs is 1. The standard InChI is InChI=1S/C24H25N3O3S/c1-26-11-13-27(14-12-26)23(28)22-16-25-24(31-22)29-19-8-10-21-18(15-19)7-9-20(30-21)17-5-3-2-4-6-17/h2-6,8,10,15-16,20H,7,9,11-14H2,1H3. The van der Waals surface area contributed by atoms with Crippen LogP contribution in [0.5, 0.6) is 16.7 Å². The van der Waals surface area contributed by atoms with Gasteiger partial charge in [0.25, 0.3) is 11.1 Å². The number of thiazole rings is 1. The Balaban J connectivity index is 1.24. The Bertz CT molecular complexity index is 1060. The predicted molar refractivity (Wildman–Crippen MR) is 120 cm³/mol. The molecule has 0 bridgehead atoms. The fourth-order valence-electron chi connectivity index (χ4n) is 4.00. The molecule has 0 radical (unpaired) electrons. The molecule has 6 nitrogen and oxygen atoms in total. The van der Waals surface area contributed by atoms with Gasteiger partial charge in [0, 0.05) is 26.2 Å². The smallest absolute Gasteiger partial charge is 0.279 e. The molecule has 160 valence electrons. The van der Waals surface area contributed by atoms with Gasteiger partial charge in [0.15, 0.2) is 0 Å². The summed E-state index contributed by atoms with van der Waals surface area (Å²) >= 11 is 1.30. The van der Waals surface area contributed by atoms with Crippen molar-refractivity contribution >= 4 is 17.2 Å². The number of rotatable bonds is 4. The molecule has 5 rings (SSSR count). The van der Waals surface area contributed by atoms with E-state index in [2.05, 4.69) is 29.1 Å². The van der Waals surface area contributed by atoms with Gasteiger partial charge in [0.05, 0.1) is 6.20 Å². The quantitative estimate of drug-likeness (QED) is 0.608. The van der Waals surface area contributed by atoms with Crippen molar-refractivity contribution in [1.29, 1.82) is 0 Å². The molecule has 2 aliphatic heterocycles. The summed E-state index contributed by atoms with van der Waals surface area (Å²) in [5, 5.41) is 0.483. The predicted octanol–water partition coefficient (Wildman–Crippen LogP) is 4.39. The Hall–Kier alpha value is -2.90. The van der Waals surface area contributed by atoms with Crippen molar-refractivity contribution in [2.75, 3.05) is 33.2 Å². The minimum absolute atomic E-state index is 0.0336. The molecule has 0 spiro atoms. The number of aryl methyl sites for hydroxylation is 1. The lowest BCUT2D eigenvalue weighted by Crippen LogP contribution is -2.46. The van der Waals surface area contributed by atoms with E-state index >= 15 is 0 Å². The maximum absolute atomic E-state index is 12.7. The van der Waals surface area contributed by atoms with Crippen LogP contribution in [-0.2, 0) is 6.42 Å². The van der Waals surface area contributed by atoms with Gasteiger partial charge in [-0.05, 0) is 49.2 Å².